The number of hydrogen-bond acceptors (Lipinski definition) is 4. The Bertz CT molecular complexity index is 479. The molecule has 0 saturated heterocycles. The first-order valence-corrected chi connectivity index (χ1v) is 6.27. The molecule has 1 amide bonds. The van der Waals surface area contributed by atoms with Crippen molar-refractivity contribution < 1.29 is 4.79 Å². The van der Waals surface area contributed by atoms with Crippen LogP contribution < -0.4 is 10.6 Å². The number of aromatic nitrogens is 1. The molecule has 17 heavy (non-hydrogen) atoms. The van der Waals surface area contributed by atoms with Crippen LogP contribution in [-0.2, 0) is 0 Å². The molecular weight excluding hydrogens is 234 g/mol. The summed E-state index contributed by atoms with van der Waals surface area (Å²) >= 11 is 1.54. The zero-order valence-corrected chi connectivity index (χ0v) is 10.3. The van der Waals surface area contributed by atoms with E-state index >= 15 is 0 Å². The van der Waals surface area contributed by atoms with E-state index in [0.29, 0.717) is 5.69 Å². The molecule has 2 rings (SSSR count). The normalized spacial score (nSPS) is 9.94. The maximum Gasteiger partial charge on any atom is 0.274 e. The third-order valence-electron chi connectivity index (χ3n) is 2.16. The van der Waals surface area contributed by atoms with Gasteiger partial charge in [0.05, 0.1) is 17.6 Å². The number of hydrogen-bond donors (Lipinski definition) is 2. The molecule has 0 saturated carbocycles. The highest BCUT2D eigenvalue weighted by molar-refractivity contribution is 7.08. The number of anilines is 2. The molecular formula is C12H13N3OS. The highest BCUT2D eigenvalue weighted by atomic mass is 32.1. The quantitative estimate of drug-likeness (QED) is 0.873. The molecule has 0 aliphatic carbocycles. The molecule has 0 atom stereocenters. The lowest BCUT2D eigenvalue weighted by Gasteiger charge is -2.04. The number of nitrogens with zero attached hydrogens (tertiary/aromatic N) is 1. The summed E-state index contributed by atoms with van der Waals surface area (Å²) in [5.74, 6) is -0.188. The Balaban J connectivity index is 2.04. The maximum atomic E-state index is 11.8. The average molecular weight is 247 g/mol. The smallest absolute Gasteiger partial charge is 0.274 e. The van der Waals surface area contributed by atoms with Crippen molar-refractivity contribution in [2.24, 2.45) is 0 Å². The van der Waals surface area contributed by atoms with Crippen LogP contribution in [0.1, 0.15) is 17.4 Å². The molecule has 0 radical (unpaired) electrons. The second kappa shape index (κ2) is 5.45. The van der Waals surface area contributed by atoms with Gasteiger partial charge >= 0.3 is 0 Å². The lowest BCUT2D eigenvalue weighted by Crippen LogP contribution is -2.13. The molecule has 2 aromatic heterocycles. The van der Waals surface area contributed by atoms with Gasteiger partial charge in [-0.3, -0.25) is 4.79 Å². The first kappa shape index (κ1) is 11.6. The third-order valence-corrected chi connectivity index (χ3v) is 2.84. The summed E-state index contributed by atoms with van der Waals surface area (Å²) in [5.41, 5.74) is 2.13. The second-order valence-electron chi connectivity index (χ2n) is 3.43. The molecule has 0 bridgehead atoms. The van der Waals surface area contributed by atoms with Crippen molar-refractivity contribution >= 4 is 28.6 Å². The van der Waals surface area contributed by atoms with Gasteiger partial charge in [-0.2, -0.15) is 11.3 Å². The molecule has 88 valence electrons. The fourth-order valence-electron chi connectivity index (χ4n) is 1.37. The summed E-state index contributed by atoms with van der Waals surface area (Å²) in [6, 6.07) is 5.41. The van der Waals surface area contributed by atoms with Crippen LogP contribution in [0.5, 0.6) is 0 Å². The van der Waals surface area contributed by atoms with Gasteiger partial charge < -0.3 is 10.6 Å². The number of amides is 1. The van der Waals surface area contributed by atoms with Gasteiger partial charge in [0.15, 0.2) is 0 Å². The largest absolute Gasteiger partial charge is 0.384 e. The van der Waals surface area contributed by atoms with Gasteiger partial charge in [0.2, 0.25) is 0 Å². The average Bonchev–Trinajstić information content (AvgIpc) is 2.83. The van der Waals surface area contributed by atoms with Crippen molar-refractivity contribution in [1.82, 2.24) is 4.98 Å². The SMILES string of the molecule is CCNc1ccc(C(=O)Nc2ccsc2)nc1. The Morgan fingerprint density at radius 1 is 1.35 bits per heavy atom. The van der Waals surface area contributed by atoms with Gasteiger partial charge in [-0.1, -0.05) is 0 Å². The van der Waals surface area contributed by atoms with Crippen molar-refractivity contribution in [2.75, 3.05) is 17.2 Å². The molecule has 0 unspecified atom stereocenters. The summed E-state index contributed by atoms with van der Waals surface area (Å²) in [6.45, 7) is 2.85. The third kappa shape index (κ3) is 3.04. The van der Waals surface area contributed by atoms with E-state index in [1.807, 2.05) is 29.8 Å². The van der Waals surface area contributed by atoms with E-state index in [1.54, 1.807) is 23.6 Å². The van der Waals surface area contributed by atoms with Gasteiger partial charge in [0.1, 0.15) is 5.69 Å². The Morgan fingerprint density at radius 3 is 2.82 bits per heavy atom. The fraction of sp³-hybridized carbons (Fsp3) is 0.167. The molecule has 5 heteroatoms. The Labute approximate surface area is 104 Å². The van der Waals surface area contributed by atoms with E-state index in [-0.39, 0.29) is 5.91 Å². The van der Waals surface area contributed by atoms with Crippen molar-refractivity contribution in [3.63, 3.8) is 0 Å². The molecule has 0 fully saturated rings. The minimum atomic E-state index is -0.188. The van der Waals surface area contributed by atoms with E-state index < -0.39 is 0 Å². The zero-order valence-electron chi connectivity index (χ0n) is 9.43. The van der Waals surface area contributed by atoms with Crippen molar-refractivity contribution in [3.05, 3.63) is 40.8 Å². The van der Waals surface area contributed by atoms with Crippen LogP contribution in [0.4, 0.5) is 11.4 Å². The van der Waals surface area contributed by atoms with Crippen molar-refractivity contribution in [1.29, 1.82) is 0 Å². The monoisotopic (exact) mass is 247 g/mol. The van der Waals surface area contributed by atoms with E-state index in [1.165, 1.54) is 0 Å². The van der Waals surface area contributed by atoms with E-state index in [4.69, 9.17) is 0 Å². The van der Waals surface area contributed by atoms with E-state index in [9.17, 15) is 4.79 Å². The predicted octanol–water partition coefficient (Wildman–Crippen LogP) is 2.83. The molecule has 0 aliphatic rings. The molecule has 2 aromatic rings. The summed E-state index contributed by atoms with van der Waals surface area (Å²) < 4.78 is 0. The van der Waals surface area contributed by atoms with Crippen LogP contribution in [0.2, 0.25) is 0 Å². The number of carbonyl (C=O) groups is 1. The second-order valence-corrected chi connectivity index (χ2v) is 4.21. The topological polar surface area (TPSA) is 54.0 Å². The van der Waals surface area contributed by atoms with Crippen molar-refractivity contribution in [3.8, 4) is 0 Å². The number of thiophene rings is 1. The summed E-state index contributed by atoms with van der Waals surface area (Å²) in [6.07, 6.45) is 1.66. The minimum absolute atomic E-state index is 0.188. The first-order chi connectivity index (χ1) is 8.29. The fourth-order valence-corrected chi connectivity index (χ4v) is 1.96. The van der Waals surface area contributed by atoms with Crippen molar-refractivity contribution in [2.45, 2.75) is 6.92 Å². The number of rotatable bonds is 4. The van der Waals surface area contributed by atoms with Crippen LogP contribution in [0.3, 0.4) is 0 Å². The van der Waals surface area contributed by atoms with Gasteiger partial charge in [-0.15, -0.1) is 0 Å². The Hall–Kier alpha value is -1.88. The van der Waals surface area contributed by atoms with Gasteiger partial charge in [-0.05, 0) is 30.5 Å². The molecule has 2 N–H and O–H groups in total. The van der Waals surface area contributed by atoms with Gasteiger partial charge in [0.25, 0.3) is 5.91 Å². The highest BCUT2D eigenvalue weighted by Gasteiger charge is 2.07. The Morgan fingerprint density at radius 2 is 2.24 bits per heavy atom. The van der Waals surface area contributed by atoms with Gasteiger partial charge in [0, 0.05) is 11.9 Å². The van der Waals surface area contributed by atoms with Crippen LogP contribution in [0.15, 0.2) is 35.2 Å². The van der Waals surface area contributed by atoms with E-state index in [0.717, 1.165) is 17.9 Å². The molecule has 4 nitrogen and oxygen atoms in total. The molecule has 0 spiro atoms. The predicted molar refractivity (Wildman–Crippen MR) is 70.7 cm³/mol. The lowest BCUT2D eigenvalue weighted by molar-refractivity contribution is 0.102. The van der Waals surface area contributed by atoms with Crippen LogP contribution in [0, 0.1) is 0 Å². The standard InChI is InChI=1S/C12H13N3OS/c1-2-13-9-3-4-11(14-7-9)12(16)15-10-5-6-17-8-10/h3-8,13H,2H2,1H3,(H,15,16). The molecule has 0 aliphatic heterocycles. The number of nitrogens with one attached hydrogen (secondary N) is 2. The minimum Gasteiger partial charge on any atom is -0.384 e. The summed E-state index contributed by atoms with van der Waals surface area (Å²) in [5, 5.41) is 9.70. The zero-order chi connectivity index (χ0) is 12.1. The number of carbonyl (C=O) groups excluding carboxylic acids is 1. The maximum absolute atomic E-state index is 11.8. The first-order valence-electron chi connectivity index (χ1n) is 5.33. The highest BCUT2D eigenvalue weighted by Crippen LogP contribution is 2.13. The Kier molecular flexibility index (Phi) is 3.72. The molecule has 0 aromatic carbocycles. The van der Waals surface area contributed by atoms with E-state index in [2.05, 4.69) is 15.6 Å². The lowest BCUT2D eigenvalue weighted by atomic mass is 10.3. The molecule has 2 heterocycles. The summed E-state index contributed by atoms with van der Waals surface area (Å²) in [4.78, 5) is 15.9. The number of pyridine rings is 1. The van der Waals surface area contributed by atoms with Gasteiger partial charge in [-0.25, -0.2) is 4.98 Å². The summed E-state index contributed by atoms with van der Waals surface area (Å²) in [7, 11) is 0. The van der Waals surface area contributed by atoms with Crippen LogP contribution in [-0.4, -0.2) is 17.4 Å². The van der Waals surface area contributed by atoms with Crippen LogP contribution in [0.25, 0.3) is 0 Å². The van der Waals surface area contributed by atoms with Crippen LogP contribution >= 0.6 is 11.3 Å².